The highest BCUT2D eigenvalue weighted by molar-refractivity contribution is 7.72. The SMILES string of the molecule is CC1=C(Cl)[C@@H]2CP(=O)(c3ccccc3)[C@H]1[C@@H]1C(=O)C=CC(=O)[C@@H]12. The smallest absolute Gasteiger partial charge is 0.160 e. The third-order valence-electron chi connectivity index (χ3n) is 5.49. The number of benzene rings is 1. The minimum Gasteiger partial charge on any atom is -0.318 e. The standard InChI is InChI=1S/C18H16ClO3P/c1-10-17(19)12-9-23(22,11-5-3-2-4-6-11)18(10)16-14(21)8-7-13(20)15(12)16/h2-8,12,15-16,18H,9H2,1H3/t12-,15+,16-,18-,23?/m1/s1. The van der Waals surface area contributed by atoms with Crippen molar-refractivity contribution in [1.82, 2.24) is 0 Å². The Balaban J connectivity index is 1.94. The maximum atomic E-state index is 13.9. The Morgan fingerprint density at radius 2 is 1.65 bits per heavy atom. The lowest BCUT2D eigenvalue weighted by atomic mass is 9.67. The van der Waals surface area contributed by atoms with Crippen molar-refractivity contribution in [2.45, 2.75) is 12.6 Å². The summed E-state index contributed by atoms with van der Waals surface area (Å²) >= 11 is 6.48. The van der Waals surface area contributed by atoms with Gasteiger partial charge in [0.15, 0.2) is 11.6 Å². The van der Waals surface area contributed by atoms with Crippen LogP contribution in [0.1, 0.15) is 6.92 Å². The summed E-state index contributed by atoms with van der Waals surface area (Å²) in [5, 5.41) is 1.42. The molecule has 118 valence electrons. The number of halogens is 1. The van der Waals surface area contributed by atoms with E-state index in [-0.39, 0.29) is 17.5 Å². The zero-order valence-electron chi connectivity index (χ0n) is 12.6. The van der Waals surface area contributed by atoms with E-state index in [4.69, 9.17) is 11.6 Å². The first-order valence-corrected chi connectivity index (χ1v) is 10.1. The highest BCUT2D eigenvalue weighted by Gasteiger charge is 2.61. The van der Waals surface area contributed by atoms with Gasteiger partial charge in [-0.3, -0.25) is 9.59 Å². The molecule has 0 radical (unpaired) electrons. The molecule has 5 heteroatoms. The highest BCUT2D eigenvalue weighted by atomic mass is 35.5. The van der Waals surface area contributed by atoms with Crippen LogP contribution in [-0.4, -0.2) is 23.4 Å². The lowest BCUT2D eigenvalue weighted by molar-refractivity contribution is -0.130. The van der Waals surface area contributed by atoms with Crippen molar-refractivity contribution in [3.63, 3.8) is 0 Å². The second-order valence-electron chi connectivity index (χ2n) is 6.59. The molecular formula is C18H16ClO3P. The first kappa shape index (κ1) is 15.1. The van der Waals surface area contributed by atoms with Gasteiger partial charge >= 0.3 is 0 Å². The van der Waals surface area contributed by atoms with Gasteiger partial charge in [-0.25, -0.2) is 0 Å². The van der Waals surface area contributed by atoms with Gasteiger partial charge in [0.2, 0.25) is 0 Å². The van der Waals surface area contributed by atoms with E-state index in [9.17, 15) is 14.2 Å². The third-order valence-corrected chi connectivity index (χ3v) is 9.78. The summed E-state index contributed by atoms with van der Waals surface area (Å²) in [7, 11) is -2.82. The van der Waals surface area contributed by atoms with E-state index in [1.807, 2.05) is 37.3 Å². The van der Waals surface area contributed by atoms with Gasteiger partial charge in [0.1, 0.15) is 7.14 Å². The highest BCUT2D eigenvalue weighted by Crippen LogP contribution is 2.68. The minimum absolute atomic E-state index is 0.0606. The number of rotatable bonds is 1. The van der Waals surface area contributed by atoms with E-state index >= 15 is 0 Å². The van der Waals surface area contributed by atoms with Crippen molar-refractivity contribution in [3.05, 3.63) is 53.1 Å². The van der Waals surface area contributed by atoms with Crippen LogP contribution in [0.4, 0.5) is 0 Å². The van der Waals surface area contributed by atoms with E-state index < -0.39 is 24.6 Å². The van der Waals surface area contributed by atoms with Crippen molar-refractivity contribution in [2.24, 2.45) is 17.8 Å². The molecule has 0 spiro atoms. The largest absolute Gasteiger partial charge is 0.318 e. The van der Waals surface area contributed by atoms with E-state index in [2.05, 4.69) is 0 Å². The molecule has 1 aromatic carbocycles. The van der Waals surface area contributed by atoms with Gasteiger partial charge in [-0.15, -0.1) is 0 Å². The molecule has 23 heavy (non-hydrogen) atoms. The zero-order valence-corrected chi connectivity index (χ0v) is 14.3. The van der Waals surface area contributed by atoms with Crippen molar-refractivity contribution >= 4 is 35.6 Å². The van der Waals surface area contributed by atoms with E-state index in [1.165, 1.54) is 12.2 Å². The zero-order chi connectivity index (χ0) is 16.4. The fraction of sp³-hybridized carbons (Fsp3) is 0.333. The molecule has 0 N–H and O–H groups in total. The summed E-state index contributed by atoms with van der Waals surface area (Å²) < 4.78 is 13.9. The molecule has 2 heterocycles. The van der Waals surface area contributed by atoms with Crippen molar-refractivity contribution < 1.29 is 14.2 Å². The molecule has 2 aliphatic carbocycles. The van der Waals surface area contributed by atoms with Crippen LogP contribution >= 0.6 is 18.7 Å². The Kier molecular flexibility index (Phi) is 3.30. The molecule has 5 rings (SSSR count). The lowest BCUT2D eigenvalue weighted by Crippen LogP contribution is -2.54. The van der Waals surface area contributed by atoms with Gasteiger partial charge in [-0.2, -0.15) is 0 Å². The van der Waals surface area contributed by atoms with Crippen LogP contribution in [0.3, 0.4) is 0 Å². The Bertz CT molecular complexity index is 824. The van der Waals surface area contributed by atoms with E-state index in [1.54, 1.807) is 0 Å². The Morgan fingerprint density at radius 1 is 1.04 bits per heavy atom. The molecule has 0 amide bonds. The summed E-state index contributed by atoms with van der Waals surface area (Å²) in [4.78, 5) is 24.9. The van der Waals surface area contributed by atoms with Crippen LogP contribution in [0.5, 0.6) is 0 Å². The molecule has 5 atom stereocenters. The van der Waals surface area contributed by atoms with Crippen LogP contribution in [0.2, 0.25) is 0 Å². The van der Waals surface area contributed by atoms with Gasteiger partial charge in [-0.1, -0.05) is 41.9 Å². The van der Waals surface area contributed by atoms with Crippen LogP contribution in [-0.2, 0) is 14.2 Å². The van der Waals surface area contributed by atoms with Crippen LogP contribution in [0.15, 0.2) is 53.1 Å². The molecule has 2 bridgehead atoms. The molecule has 1 saturated heterocycles. The average Bonchev–Trinajstić information content (AvgIpc) is 2.56. The summed E-state index contributed by atoms with van der Waals surface area (Å²) in [6.45, 7) is 1.86. The lowest BCUT2D eigenvalue weighted by Gasteiger charge is -2.51. The van der Waals surface area contributed by atoms with Gasteiger partial charge in [0.05, 0.1) is 0 Å². The van der Waals surface area contributed by atoms with Crippen molar-refractivity contribution in [2.75, 3.05) is 6.16 Å². The van der Waals surface area contributed by atoms with Gasteiger partial charge in [0.25, 0.3) is 0 Å². The molecule has 2 aliphatic heterocycles. The number of ketones is 2. The number of hydrogen-bond donors (Lipinski definition) is 0. The average molecular weight is 347 g/mol. The summed E-state index contributed by atoms with van der Waals surface area (Å²) in [6.07, 6.45) is 3.09. The number of fused-ring (bicyclic) bond motifs is 1. The van der Waals surface area contributed by atoms with Crippen LogP contribution < -0.4 is 5.30 Å². The second-order valence-corrected chi connectivity index (χ2v) is 10.0. The van der Waals surface area contributed by atoms with Crippen molar-refractivity contribution in [3.8, 4) is 0 Å². The first-order chi connectivity index (χ1) is 10.9. The molecule has 1 aromatic rings. The molecule has 1 unspecified atom stereocenters. The number of carbonyl (C=O) groups excluding carboxylic acids is 2. The third kappa shape index (κ3) is 1.93. The first-order valence-electron chi connectivity index (χ1n) is 7.71. The molecular weight excluding hydrogens is 331 g/mol. The fourth-order valence-electron chi connectivity index (χ4n) is 4.52. The molecule has 0 aromatic heterocycles. The molecule has 3 nitrogen and oxygen atoms in total. The maximum absolute atomic E-state index is 13.9. The molecule has 4 aliphatic rings. The fourth-order valence-corrected chi connectivity index (χ4v) is 9.08. The predicted molar refractivity (Wildman–Crippen MR) is 90.5 cm³/mol. The van der Waals surface area contributed by atoms with E-state index in [0.717, 1.165) is 10.9 Å². The number of hydrogen-bond acceptors (Lipinski definition) is 3. The van der Waals surface area contributed by atoms with Gasteiger partial charge in [-0.05, 0) is 24.6 Å². The normalized spacial score (nSPS) is 38.9. The van der Waals surface area contributed by atoms with Gasteiger partial charge in [0, 0.05) is 39.9 Å². The maximum Gasteiger partial charge on any atom is 0.160 e. The monoisotopic (exact) mass is 346 g/mol. The van der Waals surface area contributed by atoms with Crippen molar-refractivity contribution in [1.29, 1.82) is 0 Å². The van der Waals surface area contributed by atoms with Crippen LogP contribution in [0, 0.1) is 17.8 Å². The summed E-state index contributed by atoms with van der Waals surface area (Å²) in [5.41, 5.74) is 0.376. The summed E-state index contributed by atoms with van der Waals surface area (Å²) in [5.74, 6) is -1.43. The number of allylic oxidation sites excluding steroid dienone is 4. The van der Waals surface area contributed by atoms with Gasteiger partial charge < -0.3 is 4.57 Å². The molecule has 1 fully saturated rings. The minimum atomic E-state index is -2.82. The quantitative estimate of drug-likeness (QED) is 0.734. The topological polar surface area (TPSA) is 51.2 Å². The second kappa shape index (κ2) is 5.03. The Labute approximate surface area is 139 Å². The summed E-state index contributed by atoms with van der Waals surface area (Å²) in [6, 6.07) is 9.34. The number of carbonyl (C=O) groups is 2. The predicted octanol–water partition coefficient (Wildman–Crippen LogP) is 3.14. The van der Waals surface area contributed by atoms with E-state index in [0.29, 0.717) is 11.2 Å². The van der Waals surface area contributed by atoms with Crippen LogP contribution in [0.25, 0.3) is 0 Å². The Hall–Kier alpha value is -1.44. The molecule has 0 saturated carbocycles. The Morgan fingerprint density at radius 3 is 2.30 bits per heavy atom.